The molecule has 1 aliphatic rings. The van der Waals surface area contributed by atoms with Crippen molar-refractivity contribution < 1.29 is 14.0 Å². The van der Waals surface area contributed by atoms with Gasteiger partial charge in [-0.3, -0.25) is 9.59 Å². The maximum absolute atomic E-state index is 12.8. The van der Waals surface area contributed by atoms with E-state index in [2.05, 4.69) is 4.98 Å². The first-order valence-electron chi connectivity index (χ1n) is 8.75. The molecule has 7 heteroatoms. The second kappa shape index (κ2) is 7.36. The van der Waals surface area contributed by atoms with Crippen LogP contribution in [-0.2, 0) is 0 Å². The van der Waals surface area contributed by atoms with Crippen LogP contribution < -0.4 is 0 Å². The summed E-state index contributed by atoms with van der Waals surface area (Å²) >= 11 is 1.47. The summed E-state index contributed by atoms with van der Waals surface area (Å²) in [5.74, 6) is -0.147. The molecule has 0 unspecified atom stereocenters. The van der Waals surface area contributed by atoms with Gasteiger partial charge in [0.1, 0.15) is 17.0 Å². The molecule has 0 N–H and O–H groups in total. The second-order valence-corrected chi connectivity index (χ2v) is 7.36. The van der Waals surface area contributed by atoms with Gasteiger partial charge in [-0.05, 0) is 13.0 Å². The van der Waals surface area contributed by atoms with Crippen LogP contribution in [0.25, 0.3) is 10.6 Å². The van der Waals surface area contributed by atoms with Crippen molar-refractivity contribution in [1.29, 1.82) is 0 Å². The Bertz CT molecular complexity index is 939. The average Bonchev–Trinajstić information content (AvgIpc) is 3.40. The van der Waals surface area contributed by atoms with Crippen LogP contribution in [0.4, 0.5) is 0 Å². The number of carbonyl (C=O) groups excluding carboxylic acids is 2. The van der Waals surface area contributed by atoms with Crippen molar-refractivity contribution in [2.75, 3.05) is 26.2 Å². The lowest BCUT2D eigenvalue weighted by atomic mass is 10.2. The van der Waals surface area contributed by atoms with Crippen molar-refractivity contribution in [2.24, 2.45) is 0 Å². The van der Waals surface area contributed by atoms with Gasteiger partial charge in [-0.15, -0.1) is 11.3 Å². The molecule has 1 aromatic carbocycles. The topological polar surface area (TPSA) is 66.7 Å². The van der Waals surface area contributed by atoms with E-state index in [1.54, 1.807) is 21.2 Å². The van der Waals surface area contributed by atoms with Crippen LogP contribution in [0.5, 0.6) is 0 Å². The summed E-state index contributed by atoms with van der Waals surface area (Å²) in [5.41, 5.74) is 3.21. The molecule has 1 aliphatic heterocycles. The maximum atomic E-state index is 12.8. The van der Waals surface area contributed by atoms with E-state index in [4.69, 9.17) is 4.42 Å². The zero-order chi connectivity index (χ0) is 18.8. The monoisotopic (exact) mass is 381 g/mol. The van der Waals surface area contributed by atoms with Gasteiger partial charge >= 0.3 is 0 Å². The van der Waals surface area contributed by atoms with Gasteiger partial charge in [-0.25, -0.2) is 4.98 Å². The molecule has 138 valence electrons. The van der Waals surface area contributed by atoms with Crippen LogP contribution in [0.3, 0.4) is 0 Å². The van der Waals surface area contributed by atoms with Crippen LogP contribution in [0.2, 0.25) is 0 Å². The number of thiazole rings is 1. The first-order valence-corrected chi connectivity index (χ1v) is 9.63. The molecular formula is C20H19N3O3S. The smallest absolute Gasteiger partial charge is 0.273 e. The standard InChI is InChI=1S/C20H19N3O3S/c1-14-2-4-15(5-3-14)18-21-17(13-27-18)20(25)23-9-7-22(8-10-23)19(24)16-6-11-26-12-16/h2-6,11-13H,7-10H2,1H3. The lowest BCUT2D eigenvalue weighted by Gasteiger charge is -2.34. The molecule has 27 heavy (non-hydrogen) atoms. The van der Waals surface area contributed by atoms with Crippen molar-refractivity contribution in [3.63, 3.8) is 0 Å². The number of amides is 2. The van der Waals surface area contributed by atoms with E-state index in [9.17, 15) is 9.59 Å². The molecule has 0 atom stereocenters. The van der Waals surface area contributed by atoms with Crippen molar-refractivity contribution >= 4 is 23.2 Å². The highest BCUT2D eigenvalue weighted by Gasteiger charge is 2.27. The summed E-state index contributed by atoms with van der Waals surface area (Å²) in [5, 5.41) is 2.65. The Morgan fingerprint density at radius 3 is 2.30 bits per heavy atom. The van der Waals surface area contributed by atoms with E-state index >= 15 is 0 Å². The molecule has 1 saturated heterocycles. The van der Waals surface area contributed by atoms with E-state index in [1.807, 2.05) is 31.2 Å². The number of benzene rings is 1. The zero-order valence-electron chi connectivity index (χ0n) is 14.9. The van der Waals surface area contributed by atoms with Gasteiger partial charge in [0.15, 0.2) is 0 Å². The molecule has 0 saturated carbocycles. The first kappa shape index (κ1) is 17.5. The Morgan fingerprint density at radius 1 is 1.00 bits per heavy atom. The molecule has 0 radical (unpaired) electrons. The van der Waals surface area contributed by atoms with Crippen LogP contribution in [0.15, 0.2) is 52.7 Å². The highest BCUT2D eigenvalue weighted by Crippen LogP contribution is 2.25. The Hall–Kier alpha value is -2.93. The lowest BCUT2D eigenvalue weighted by Crippen LogP contribution is -2.50. The summed E-state index contributed by atoms with van der Waals surface area (Å²) in [4.78, 5) is 33.1. The molecule has 3 heterocycles. The number of furan rings is 1. The van der Waals surface area contributed by atoms with Crippen molar-refractivity contribution in [3.8, 4) is 10.6 Å². The maximum Gasteiger partial charge on any atom is 0.273 e. The number of aryl methyl sites for hydroxylation is 1. The van der Waals surface area contributed by atoms with Crippen molar-refractivity contribution in [1.82, 2.24) is 14.8 Å². The fraction of sp³-hybridized carbons (Fsp3) is 0.250. The minimum atomic E-state index is -0.0833. The normalized spacial score (nSPS) is 14.4. The van der Waals surface area contributed by atoms with Gasteiger partial charge in [0.05, 0.1) is 11.8 Å². The molecule has 1 fully saturated rings. The Morgan fingerprint density at radius 2 is 1.67 bits per heavy atom. The molecule has 3 aromatic rings. The van der Waals surface area contributed by atoms with Gasteiger partial charge in [-0.1, -0.05) is 29.8 Å². The summed E-state index contributed by atoms with van der Waals surface area (Å²) in [6.07, 6.45) is 2.93. The number of carbonyl (C=O) groups is 2. The minimum absolute atomic E-state index is 0.0637. The fourth-order valence-corrected chi connectivity index (χ4v) is 3.84. The molecule has 0 aliphatic carbocycles. The number of hydrogen-bond donors (Lipinski definition) is 0. The van der Waals surface area contributed by atoms with E-state index in [0.29, 0.717) is 37.4 Å². The van der Waals surface area contributed by atoms with Crippen LogP contribution in [0.1, 0.15) is 26.4 Å². The number of aromatic nitrogens is 1. The number of rotatable bonds is 3. The quantitative estimate of drug-likeness (QED) is 0.698. The predicted octanol–water partition coefficient (Wildman–Crippen LogP) is 3.31. The van der Waals surface area contributed by atoms with Crippen molar-refractivity contribution in [2.45, 2.75) is 6.92 Å². The highest BCUT2D eigenvalue weighted by atomic mass is 32.1. The molecule has 4 rings (SSSR count). The third kappa shape index (κ3) is 3.64. The lowest BCUT2D eigenvalue weighted by molar-refractivity contribution is 0.0532. The predicted molar refractivity (Wildman–Crippen MR) is 103 cm³/mol. The SMILES string of the molecule is Cc1ccc(-c2nc(C(=O)N3CCN(C(=O)c4ccoc4)CC3)cs2)cc1. The van der Waals surface area contributed by atoms with E-state index < -0.39 is 0 Å². The largest absolute Gasteiger partial charge is 0.472 e. The number of nitrogens with zero attached hydrogens (tertiary/aromatic N) is 3. The van der Waals surface area contributed by atoms with Gasteiger partial charge in [-0.2, -0.15) is 0 Å². The summed E-state index contributed by atoms with van der Waals surface area (Å²) in [7, 11) is 0. The van der Waals surface area contributed by atoms with E-state index in [0.717, 1.165) is 10.6 Å². The van der Waals surface area contributed by atoms with Crippen LogP contribution in [0, 0.1) is 6.92 Å². The summed E-state index contributed by atoms with van der Waals surface area (Å²) < 4.78 is 4.97. The average molecular weight is 381 g/mol. The van der Waals surface area contributed by atoms with Crippen LogP contribution in [-0.4, -0.2) is 52.8 Å². The summed E-state index contributed by atoms with van der Waals surface area (Å²) in [6.45, 7) is 4.05. The van der Waals surface area contributed by atoms with Gasteiger partial charge in [0.25, 0.3) is 11.8 Å². The van der Waals surface area contributed by atoms with Crippen molar-refractivity contribution in [3.05, 3.63) is 65.1 Å². The molecular weight excluding hydrogens is 362 g/mol. The Balaban J connectivity index is 1.40. The zero-order valence-corrected chi connectivity index (χ0v) is 15.7. The fourth-order valence-electron chi connectivity index (χ4n) is 3.04. The van der Waals surface area contributed by atoms with Gasteiger partial charge < -0.3 is 14.2 Å². The Kier molecular flexibility index (Phi) is 4.77. The highest BCUT2D eigenvalue weighted by molar-refractivity contribution is 7.13. The van der Waals surface area contributed by atoms with E-state index in [1.165, 1.54) is 29.4 Å². The second-order valence-electron chi connectivity index (χ2n) is 6.50. The third-order valence-electron chi connectivity index (χ3n) is 4.64. The van der Waals surface area contributed by atoms with E-state index in [-0.39, 0.29) is 11.8 Å². The molecule has 0 spiro atoms. The Labute approximate surface area is 161 Å². The third-order valence-corrected chi connectivity index (χ3v) is 5.54. The number of hydrogen-bond acceptors (Lipinski definition) is 5. The molecule has 0 bridgehead atoms. The van der Waals surface area contributed by atoms with Gasteiger partial charge in [0.2, 0.25) is 0 Å². The number of piperazine rings is 1. The van der Waals surface area contributed by atoms with Gasteiger partial charge in [0, 0.05) is 37.1 Å². The summed E-state index contributed by atoms with van der Waals surface area (Å²) in [6, 6.07) is 9.76. The first-order chi connectivity index (χ1) is 13.1. The molecule has 2 aromatic heterocycles. The molecule has 6 nitrogen and oxygen atoms in total. The molecule has 2 amide bonds. The van der Waals surface area contributed by atoms with Crippen LogP contribution >= 0.6 is 11.3 Å². The minimum Gasteiger partial charge on any atom is -0.472 e.